The number of amides is 1. The highest BCUT2D eigenvalue weighted by Gasteiger charge is 2.33. The third kappa shape index (κ3) is 4.14. The van der Waals surface area contributed by atoms with Gasteiger partial charge in [0.15, 0.2) is 0 Å². The molecule has 1 saturated heterocycles. The van der Waals surface area contributed by atoms with Crippen LogP contribution in [0.1, 0.15) is 46.5 Å². The van der Waals surface area contributed by atoms with Gasteiger partial charge in [-0.15, -0.1) is 12.3 Å². The van der Waals surface area contributed by atoms with Crippen LogP contribution in [0, 0.1) is 18.3 Å². The number of likely N-dealkylation sites (tertiary alicyclic amines) is 1. The van der Waals surface area contributed by atoms with Crippen LogP contribution in [0.2, 0.25) is 0 Å². The maximum atomic E-state index is 11.9. The van der Waals surface area contributed by atoms with Crippen LogP contribution in [0.25, 0.3) is 0 Å². The molecule has 0 N–H and O–H groups in total. The van der Waals surface area contributed by atoms with E-state index in [9.17, 15) is 4.79 Å². The van der Waals surface area contributed by atoms with Gasteiger partial charge in [0, 0.05) is 19.0 Å². The molecule has 0 radical (unpaired) electrons. The fourth-order valence-corrected chi connectivity index (χ4v) is 2.59. The number of hydrogen-bond acceptors (Lipinski definition) is 3. The molecule has 1 amide bonds. The van der Waals surface area contributed by atoms with Crippen LogP contribution in [0.5, 0.6) is 0 Å². The molecule has 2 fully saturated rings. The number of ether oxygens (including phenoxy) is 2. The van der Waals surface area contributed by atoms with Crippen LogP contribution >= 0.6 is 0 Å². The monoisotopic (exact) mass is 279 g/mol. The number of carbonyl (C=O) groups is 1. The van der Waals surface area contributed by atoms with Crippen molar-refractivity contribution in [1.29, 1.82) is 0 Å². The van der Waals surface area contributed by atoms with E-state index >= 15 is 0 Å². The molecule has 4 heteroatoms. The molecule has 1 aliphatic carbocycles. The predicted octanol–water partition coefficient (Wildman–Crippen LogP) is 2.81. The van der Waals surface area contributed by atoms with E-state index in [-0.39, 0.29) is 12.2 Å². The summed E-state index contributed by atoms with van der Waals surface area (Å²) in [6, 6.07) is 0. The SMILES string of the molecule is C#CC1CC(OC2CCN(C(=O)OC(C)(C)C)CC2)C1. The third-order valence-corrected chi connectivity index (χ3v) is 3.81. The van der Waals surface area contributed by atoms with Gasteiger partial charge >= 0.3 is 6.09 Å². The number of terminal acetylenes is 1. The van der Waals surface area contributed by atoms with Crippen molar-refractivity contribution in [3.05, 3.63) is 0 Å². The van der Waals surface area contributed by atoms with Crippen molar-refractivity contribution >= 4 is 6.09 Å². The highest BCUT2D eigenvalue weighted by molar-refractivity contribution is 5.68. The van der Waals surface area contributed by atoms with Crippen molar-refractivity contribution in [1.82, 2.24) is 4.90 Å². The van der Waals surface area contributed by atoms with Gasteiger partial charge in [-0.3, -0.25) is 0 Å². The van der Waals surface area contributed by atoms with E-state index in [0.717, 1.165) is 25.7 Å². The first-order chi connectivity index (χ1) is 9.37. The van der Waals surface area contributed by atoms with Gasteiger partial charge in [-0.25, -0.2) is 4.79 Å². The Hall–Kier alpha value is -1.21. The lowest BCUT2D eigenvalue weighted by molar-refractivity contribution is -0.0848. The maximum Gasteiger partial charge on any atom is 0.410 e. The number of hydrogen-bond donors (Lipinski definition) is 0. The smallest absolute Gasteiger partial charge is 0.410 e. The molecule has 0 aromatic heterocycles. The minimum Gasteiger partial charge on any atom is -0.444 e. The lowest BCUT2D eigenvalue weighted by Crippen LogP contribution is -2.45. The molecular weight excluding hydrogens is 254 g/mol. The molecular formula is C16H25NO3. The Morgan fingerprint density at radius 1 is 1.20 bits per heavy atom. The van der Waals surface area contributed by atoms with Gasteiger partial charge < -0.3 is 14.4 Å². The average Bonchev–Trinajstić information content (AvgIpc) is 2.31. The molecule has 2 rings (SSSR count). The van der Waals surface area contributed by atoms with Crippen LogP contribution in [0.15, 0.2) is 0 Å². The quantitative estimate of drug-likeness (QED) is 0.730. The van der Waals surface area contributed by atoms with Crippen LogP contribution < -0.4 is 0 Å². The fourth-order valence-electron chi connectivity index (χ4n) is 2.59. The van der Waals surface area contributed by atoms with Gasteiger partial charge in [0.05, 0.1) is 12.2 Å². The van der Waals surface area contributed by atoms with E-state index in [1.54, 1.807) is 4.90 Å². The average molecular weight is 279 g/mol. The Bertz CT molecular complexity index is 380. The number of rotatable bonds is 2. The second kappa shape index (κ2) is 6.05. The number of piperidine rings is 1. The summed E-state index contributed by atoms with van der Waals surface area (Å²) in [4.78, 5) is 13.7. The lowest BCUT2D eigenvalue weighted by atomic mass is 9.83. The van der Waals surface area contributed by atoms with E-state index < -0.39 is 5.60 Å². The Labute approximate surface area is 121 Å². The summed E-state index contributed by atoms with van der Waals surface area (Å²) in [5.41, 5.74) is -0.430. The van der Waals surface area contributed by atoms with Crippen molar-refractivity contribution in [2.75, 3.05) is 13.1 Å². The molecule has 0 aromatic carbocycles. The molecule has 0 unspecified atom stereocenters. The first-order valence-electron chi connectivity index (χ1n) is 7.47. The summed E-state index contributed by atoms with van der Waals surface area (Å²) in [5.74, 6) is 3.17. The zero-order valence-electron chi connectivity index (χ0n) is 12.7. The summed E-state index contributed by atoms with van der Waals surface area (Å²) < 4.78 is 11.4. The number of carbonyl (C=O) groups excluding carboxylic acids is 1. The Morgan fingerprint density at radius 3 is 2.30 bits per heavy atom. The summed E-state index contributed by atoms with van der Waals surface area (Å²) >= 11 is 0. The van der Waals surface area contributed by atoms with E-state index in [1.165, 1.54) is 0 Å². The molecule has 0 aromatic rings. The molecule has 1 saturated carbocycles. The van der Waals surface area contributed by atoms with Crippen molar-refractivity contribution in [2.45, 2.75) is 64.3 Å². The fraction of sp³-hybridized carbons (Fsp3) is 0.812. The summed E-state index contributed by atoms with van der Waals surface area (Å²) in [7, 11) is 0. The van der Waals surface area contributed by atoms with Gasteiger partial charge in [0.1, 0.15) is 5.60 Å². The molecule has 0 bridgehead atoms. The highest BCUT2D eigenvalue weighted by Crippen LogP contribution is 2.31. The highest BCUT2D eigenvalue weighted by atomic mass is 16.6. The molecule has 20 heavy (non-hydrogen) atoms. The van der Waals surface area contributed by atoms with Gasteiger partial charge in [-0.1, -0.05) is 0 Å². The van der Waals surface area contributed by atoms with Crippen LogP contribution in [0.4, 0.5) is 4.79 Å². The van der Waals surface area contributed by atoms with Gasteiger partial charge in [0.25, 0.3) is 0 Å². The molecule has 1 aliphatic heterocycles. The van der Waals surface area contributed by atoms with E-state index in [2.05, 4.69) is 5.92 Å². The third-order valence-electron chi connectivity index (χ3n) is 3.81. The van der Waals surface area contributed by atoms with Crippen molar-refractivity contribution < 1.29 is 14.3 Å². The topological polar surface area (TPSA) is 38.8 Å². The second-order valence-corrected chi connectivity index (χ2v) is 6.76. The first kappa shape index (κ1) is 15.2. The van der Waals surface area contributed by atoms with E-state index in [1.807, 2.05) is 20.8 Å². The minimum atomic E-state index is -0.430. The largest absolute Gasteiger partial charge is 0.444 e. The van der Waals surface area contributed by atoms with Crippen molar-refractivity contribution in [2.24, 2.45) is 5.92 Å². The Balaban J connectivity index is 1.68. The van der Waals surface area contributed by atoms with Gasteiger partial charge in [-0.05, 0) is 46.5 Å². The standard InChI is InChI=1S/C16H25NO3/c1-5-12-10-14(11-12)19-13-6-8-17(9-7-13)15(18)20-16(2,3)4/h1,12-14H,6-11H2,2-4H3. The first-order valence-corrected chi connectivity index (χ1v) is 7.47. The minimum absolute atomic E-state index is 0.216. The van der Waals surface area contributed by atoms with Gasteiger partial charge in [-0.2, -0.15) is 0 Å². The van der Waals surface area contributed by atoms with E-state index in [0.29, 0.717) is 25.1 Å². The Kier molecular flexibility index (Phi) is 4.59. The zero-order chi connectivity index (χ0) is 14.8. The van der Waals surface area contributed by atoms with Crippen LogP contribution in [-0.4, -0.2) is 41.9 Å². The van der Waals surface area contributed by atoms with Crippen LogP contribution in [0.3, 0.4) is 0 Å². The summed E-state index contributed by atoms with van der Waals surface area (Å²) in [6.45, 7) is 7.09. The van der Waals surface area contributed by atoms with Crippen LogP contribution in [-0.2, 0) is 9.47 Å². The lowest BCUT2D eigenvalue weighted by Gasteiger charge is -2.38. The van der Waals surface area contributed by atoms with Crippen molar-refractivity contribution in [3.63, 3.8) is 0 Å². The molecule has 0 atom stereocenters. The second-order valence-electron chi connectivity index (χ2n) is 6.76. The predicted molar refractivity (Wildman–Crippen MR) is 77.3 cm³/mol. The molecule has 112 valence electrons. The maximum absolute atomic E-state index is 11.9. The molecule has 0 spiro atoms. The Morgan fingerprint density at radius 2 is 1.80 bits per heavy atom. The number of nitrogens with zero attached hydrogens (tertiary/aromatic N) is 1. The molecule has 2 aliphatic rings. The summed E-state index contributed by atoms with van der Waals surface area (Å²) in [6.07, 6.45) is 9.49. The van der Waals surface area contributed by atoms with E-state index in [4.69, 9.17) is 15.9 Å². The zero-order valence-corrected chi connectivity index (χ0v) is 12.7. The normalized spacial score (nSPS) is 27.6. The molecule has 1 heterocycles. The summed E-state index contributed by atoms with van der Waals surface area (Å²) in [5, 5.41) is 0. The van der Waals surface area contributed by atoms with Gasteiger partial charge in [0.2, 0.25) is 0 Å². The molecule has 4 nitrogen and oxygen atoms in total. The van der Waals surface area contributed by atoms with Crippen molar-refractivity contribution in [3.8, 4) is 12.3 Å².